The standard InChI is InChI=1S/C17H22BrNO3/c1-9-11-5-3-4-6-12(11)15(18)16(22-2)14(9)13-7-10(8-19-13)17(20)21/h10,13,19H,3-8H2,1-2H3,(H,20,21). The predicted octanol–water partition coefficient (Wildman–Crippen LogP) is 3.38. The fourth-order valence-electron chi connectivity index (χ4n) is 3.91. The van der Waals surface area contributed by atoms with E-state index in [1.807, 2.05) is 0 Å². The zero-order valence-electron chi connectivity index (χ0n) is 13.0. The number of halogens is 1. The van der Waals surface area contributed by atoms with Crippen molar-refractivity contribution in [2.24, 2.45) is 5.92 Å². The maximum atomic E-state index is 11.2. The van der Waals surface area contributed by atoms with Crippen molar-refractivity contribution in [1.82, 2.24) is 5.32 Å². The number of carboxylic acids is 1. The molecular weight excluding hydrogens is 346 g/mol. The first kappa shape index (κ1) is 15.8. The summed E-state index contributed by atoms with van der Waals surface area (Å²) < 4.78 is 6.76. The van der Waals surface area contributed by atoms with Crippen LogP contribution in [0, 0.1) is 12.8 Å². The van der Waals surface area contributed by atoms with Crippen LogP contribution in [0.4, 0.5) is 0 Å². The molecule has 1 saturated heterocycles. The second-order valence-electron chi connectivity index (χ2n) is 6.28. The Bertz CT molecular complexity index is 615. The molecule has 5 heteroatoms. The number of carbonyl (C=O) groups is 1. The van der Waals surface area contributed by atoms with E-state index < -0.39 is 5.97 Å². The highest BCUT2D eigenvalue weighted by Crippen LogP contribution is 2.45. The monoisotopic (exact) mass is 367 g/mol. The fourth-order valence-corrected chi connectivity index (χ4v) is 4.73. The zero-order chi connectivity index (χ0) is 15.9. The Morgan fingerprint density at radius 2 is 2.00 bits per heavy atom. The Kier molecular flexibility index (Phi) is 4.46. The van der Waals surface area contributed by atoms with Gasteiger partial charge in [0.25, 0.3) is 0 Å². The van der Waals surface area contributed by atoms with Gasteiger partial charge in [0.1, 0.15) is 5.75 Å². The number of hydrogen-bond acceptors (Lipinski definition) is 3. The molecule has 22 heavy (non-hydrogen) atoms. The molecule has 0 bridgehead atoms. The van der Waals surface area contributed by atoms with Crippen molar-refractivity contribution >= 4 is 21.9 Å². The average Bonchev–Trinajstić information content (AvgIpc) is 3.00. The number of hydrogen-bond donors (Lipinski definition) is 2. The lowest BCUT2D eigenvalue weighted by molar-refractivity contribution is -0.141. The summed E-state index contributed by atoms with van der Waals surface area (Å²) in [5.74, 6) is -0.158. The van der Waals surface area contributed by atoms with Gasteiger partial charge in [0.15, 0.2) is 0 Å². The predicted molar refractivity (Wildman–Crippen MR) is 88.6 cm³/mol. The maximum absolute atomic E-state index is 11.2. The normalized spacial score (nSPS) is 24.1. The quantitative estimate of drug-likeness (QED) is 0.859. The van der Waals surface area contributed by atoms with E-state index in [1.54, 1.807) is 7.11 Å². The number of methoxy groups -OCH3 is 1. The van der Waals surface area contributed by atoms with Crippen molar-refractivity contribution in [2.45, 2.75) is 45.1 Å². The van der Waals surface area contributed by atoms with Gasteiger partial charge in [0, 0.05) is 18.2 Å². The number of nitrogens with one attached hydrogen (secondary N) is 1. The third-order valence-corrected chi connectivity index (χ3v) is 5.90. The largest absolute Gasteiger partial charge is 0.495 e. The number of ether oxygens (including phenoxy) is 1. The summed E-state index contributed by atoms with van der Waals surface area (Å²) in [5, 5.41) is 12.6. The van der Waals surface area contributed by atoms with Gasteiger partial charge in [-0.15, -0.1) is 0 Å². The summed E-state index contributed by atoms with van der Waals surface area (Å²) >= 11 is 3.73. The molecule has 1 aromatic carbocycles. The summed E-state index contributed by atoms with van der Waals surface area (Å²) in [5.41, 5.74) is 5.21. The van der Waals surface area contributed by atoms with Gasteiger partial charge in [-0.3, -0.25) is 4.79 Å². The lowest BCUT2D eigenvalue weighted by Gasteiger charge is -2.27. The first-order valence-corrected chi connectivity index (χ1v) is 8.67. The van der Waals surface area contributed by atoms with Crippen LogP contribution < -0.4 is 10.1 Å². The molecule has 1 fully saturated rings. The molecule has 2 aliphatic rings. The van der Waals surface area contributed by atoms with Gasteiger partial charge >= 0.3 is 5.97 Å². The number of carboxylic acid groups (broad SMARTS) is 1. The smallest absolute Gasteiger partial charge is 0.307 e. The fraction of sp³-hybridized carbons (Fsp3) is 0.588. The maximum Gasteiger partial charge on any atom is 0.307 e. The molecule has 120 valence electrons. The van der Waals surface area contributed by atoms with Gasteiger partial charge in [-0.1, -0.05) is 0 Å². The molecule has 2 N–H and O–H groups in total. The van der Waals surface area contributed by atoms with Crippen LogP contribution in [0.15, 0.2) is 4.47 Å². The third kappa shape index (κ3) is 2.54. The van der Waals surface area contributed by atoms with E-state index in [1.165, 1.54) is 29.5 Å². The Morgan fingerprint density at radius 3 is 2.59 bits per heavy atom. The van der Waals surface area contributed by atoms with E-state index in [9.17, 15) is 9.90 Å². The van der Waals surface area contributed by atoms with Crippen LogP contribution in [0.25, 0.3) is 0 Å². The van der Waals surface area contributed by atoms with Gasteiger partial charge in [-0.05, 0) is 71.6 Å². The van der Waals surface area contributed by atoms with Crippen molar-refractivity contribution in [2.75, 3.05) is 13.7 Å². The second-order valence-corrected chi connectivity index (χ2v) is 7.07. The van der Waals surface area contributed by atoms with Crippen LogP contribution in [-0.2, 0) is 17.6 Å². The number of benzene rings is 1. The van der Waals surface area contributed by atoms with Crippen LogP contribution in [0.5, 0.6) is 5.75 Å². The first-order valence-electron chi connectivity index (χ1n) is 7.88. The SMILES string of the molecule is COc1c(Br)c2c(c(C)c1C1CC(C(=O)O)CN1)CCCC2. The van der Waals surface area contributed by atoms with Crippen LogP contribution in [0.2, 0.25) is 0 Å². The molecule has 0 aromatic heterocycles. The molecule has 1 heterocycles. The van der Waals surface area contributed by atoms with Crippen molar-refractivity contribution in [3.05, 3.63) is 26.7 Å². The molecule has 0 saturated carbocycles. The van der Waals surface area contributed by atoms with Crippen molar-refractivity contribution < 1.29 is 14.6 Å². The molecule has 1 aromatic rings. The average molecular weight is 368 g/mol. The van der Waals surface area contributed by atoms with E-state index in [-0.39, 0.29) is 12.0 Å². The molecule has 0 radical (unpaired) electrons. The molecule has 2 unspecified atom stereocenters. The van der Waals surface area contributed by atoms with Crippen LogP contribution in [0.1, 0.15) is 47.6 Å². The van der Waals surface area contributed by atoms with Crippen molar-refractivity contribution in [3.8, 4) is 5.75 Å². The molecule has 0 spiro atoms. The van der Waals surface area contributed by atoms with E-state index in [0.717, 1.165) is 28.6 Å². The Balaban J connectivity index is 2.07. The van der Waals surface area contributed by atoms with Gasteiger partial charge in [0.2, 0.25) is 0 Å². The zero-order valence-corrected chi connectivity index (χ0v) is 14.6. The molecule has 1 aliphatic heterocycles. The molecule has 4 nitrogen and oxygen atoms in total. The summed E-state index contributed by atoms with van der Waals surface area (Å²) in [6, 6.07) is 0.0552. The van der Waals surface area contributed by atoms with Gasteiger partial charge in [0.05, 0.1) is 17.5 Å². The second kappa shape index (κ2) is 6.20. The minimum atomic E-state index is -0.719. The first-order chi connectivity index (χ1) is 10.5. The van der Waals surface area contributed by atoms with Crippen LogP contribution in [-0.4, -0.2) is 24.7 Å². The van der Waals surface area contributed by atoms with Gasteiger partial charge in [-0.2, -0.15) is 0 Å². The molecular formula is C17H22BrNO3. The van der Waals surface area contributed by atoms with E-state index in [4.69, 9.17) is 4.74 Å². The topological polar surface area (TPSA) is 58.6 Å². The van der Waals surface area contributed by atoms with Gasteiger partial charge in [-0.25, -0.2) is 0 Å². The van der Waals surface area contributed by atoms with E-state index >= 15 is 0 Å². The number of fused-ring (bicyclic) bond motifs is 1. The van der Waals surface area contributed by atoms with Crippen molar-refractivity contribution in [3.63, 3.8) is 0 Å². The van der Waals surface area contributed by atoms with Crippen molar-refractivity contribution in [1.29, 1.82) is 0 Å². The van der Waals surface area contributed by atoms with E-state index in [0.29, 0.717) is 13.0 Å². The summed E-state index contributed by atoms with van der Waals surface area (Å²) in [6.07, 6.45) is 5.26. The Labute approximate surface area is 139 Å². The van der Waals surface area contributed by atoms with E-state index in [2.05, 4.69) is 28.2 Å². The Morgan fingerprint density at radius 1 is 1.32 bits per heavy atom. The number of aliphatic carboxylic acids is 1. The molecule has 2 atom stereocenters. The highest BCUT2D eigenvalue weighted by molar-refractivity contribution is 9.10. The highest BCUT2D eigenvalue weighted by atomic mass is 79.9. The molecule has 1 aliphatic carbocycles. The van der Waals surface area contributed by atoms with Crippen LogP contribution in [0.3, 0.4) is 0 Å². The van der Waals surface area contributed by atoms with Gasteiger partial charge < -0.3 is 15.2 Å². The summed E-state index contributed by atoms with van der Waals surface area (Å²) in [6.45, 7) is 2.68. The Hall–Kier alpha value is -1.07. The molecule has 3 rings (SSSR count). The molecule has 0 amide bonds. The lowest BCUT2D eigenvalue weighted by Crippen LogP contribution is -2.19. The number of rotatable bonds is 3. The third-order valence-electron chi connectivity index (χ3n) is 5.07. The highest BCUT2D eigenvalue weighted by Gasteiger charge is 2.34. The minimum Gasteiger partial charge on any atom is -0.495 e. The van der Waals surface area contributed by atoms with Crippen LogP contribution >= 0.6 is 15.9 Å². The minimum absolute atomic E-state index is 0.0552. The summed E-state index contributed by atoms with van der Waals surface area (Å²) in [4.78, 5) is 11.2. The summed E-state index contributed by atoms with van der Waals surface area (Å²) in [7, 11) is 1.70. The lowest BCUT2D eigenvalue weighted by atomic mass is 9.83.